The zero-order valence-corrected chi connectivity index (χ0v) is 22.3. The smallest absolute Gasteiger partial charge is 0.287 e. The fourth-order valence-electron chi connectivity index (χ4n) is 3.14. The molecular weight excluding hydrogens is 571 g/mol. The molecule has 36 heavy (non-hydrogen) atoms. The average Bonchev–Trinajstić information content (AvgIpc) is 2.87. The summed E-state index contributed by atoms with van der Waals surface area (Å²) in [6.07, 6.45) is 3.02. The first-order valence-corrected chi connectivity index (χ1v) is 12.2. The number of benzene rings is 3. The normalized spacial score (nSPS) is 11.3. The van der Waals surface area contributed by atoms with Crippen molar-refractivity contribution < 1.29 is 19.4 Å². The summed E-state index contributed by atoms with van der Waals surface area (Å²) in [6.45, 7) is 2.21. The topological polar surface area (TPSA) is 103 Å². The highest BCUT2D eigenvalue weighted by atomic mass is 127. The Morgan fingerprint density at radius 2 is 1.75 bits per heavy atom. The van der Waals surface area contributed by atoms with E-state index in [4.69, 9.17) is 4.74 Å². The molecule has 0 atom stereocenters. The lowest BCUT2D eigenvalue weighted by Crippen LogP contribution is -2.32. The SMILES string of the molecule is CCOc1cc(/C=N/NC(=O)C(=Cc2ccc(N(C)C)cc2)NC(=O)c2ccccc2)cc(I)c1O. The van der Waals surface area contributed by atoms with Gasteiger partial charge in [0.25, 0.3) is 11.8 Å². The summed E-state index contributed by atoms with van der Waals surface area (Å²) in [6, 6.07) is 19.5. The molecule has 0 unspecified atom stereocenters. The van der Waals surface area contributed by atoms with Gasteiger partial charge in [-0.2, -0.15) is 5.10 Å². The number of hydrogen-bond acceptors (Lipinski definition) is 6. The van der Waals surface area contributed by atoms with Crippen molar-refractivity contribution in [3.05, 3.63) is 92.7 Å². The van der Waals surface area contributed by atoms with Crippen LogP contribution in [0.1, 0.15) is 28.4 Å². The first-order chi connectivity index (χ1) is 17.3. The number of hydrazone groups is 1. The van der Waals surface area contributed by atoms with E-state index in [-0.39, 0.29) is 11.4 Å². The van der Waals surface area contributed by atoms with Gasteiger partial charge >= 0.3 is 0 Å². The molecule has 186 valence electrons. The second kappa shape index (κ2) is 12.7. The zero-order valence-electron chi connectivity index (χ0n) is 20.2. The van der Waals surface area contributed by atoms with Crippen molar-refractivity contribution in [3.63, 3.8) is 0 Å². The second-order valence-corrected chi connectivity index (χ2v) is 9.01. The van der Waals surface area contributed by atoms with Gasteiger partial charge in [0.05, 0.1) is 16.4 Å². The van der Waals surface area contributed by atoms with E-state index in [2.05, 4.69) is 15.8 Å². The maximum absolute atomic E-state index is 13.0. The number of phenols is 1. The monoisotopic (exact) mass is 598 g/mol. The van der Waals surface area contributed by atoms with Crippen LogP contribution in [0.25, 0.3) is 6.08 Å². The fourth-order valence-corrected chi connectivity index (χ4v) is 3.76. The Balaban J connectivity index is 1.83. The van der Waals surface area contributed by atoms with Gasteiger partial charge in [-0.25, -0.2) is 5.43 Å². The van der Waals surface area contributed by atoms with E-state index in [1.807, 2.05) is 78.8 Å². The lowest BCUT2D eigenvalue weighted by molar-refractivity contribution is -0.117. The van der Waals surface area contributed by atoms with Crippen LogP contribution in [0.5, 0.6) is 11.5 Å². The first-order valence-electron chi connectivity index (χ1n) is 11.1. The van der Waals surface area contributed by atoms with E-state index in [9.17, 15) is 14.7 Å². The maximum atomic E-state index is 13.0. The molecule has 0 spiro atoms. The minimum atomic E-state index is -0.592. The summed E-state index contributed by atoms with van der Waals surface area (Å²) < 4.78 is 6.02. The van der Waals surface area contributed by atoms with Crippen molar-refractivity contribution in [2.24, 2.45) is 5.10 Å². The molecule has 0 aromatic heterocycles. The Labute approximate surface area is 223 Å². The Bertz CT molecular complexity index is 1270. The molecule has 0 aliphatic rings. The van der Waals surface area contributed by atoms with E-state index in [1.54, 1.807) is 42.5 Å². The third-order valence-corrected chi connectivity index (χ3v) is 5.80. The molecule has 9 heteroatoms. The van der Waals surface area contributed by atoms with Crippen LogP contribution in [0, 0.1) is 3.57 Å². The third kappa shape index (κ3) is 7.32. The number of ether oxygens (including phenoxy) is 1. The number of hydrogen-bond donors (Lipinski definition) is 3. The van der Waals surface area contributed by atoms with Gasteiger partial charge in [-0.1, -0.05) is 30.3 Å². The Morgan fingerprint density at radius 3 is 2.39 bits per heavy atom. The number of anilines is 1. The van der Waals surface area contributed by atoms with Gasteiger partial charge in [-0.05, 0) is 83.1 Å². The van der Waals surface area contributed by atoms with Gasteiger partial charge in [-0.15, -0.1) is 0 Å². The van der Waals surface area contributed by atoms with E-state index in [0.717, 1.165) is 11.3 Å². The quantitative estimate of drug-likeness (QED) is 0.147. The van der Waals surface area contributed by atoms with Gasteiger partial charge in [0.2, 0.25) is 0 Å². The number of aromatic hydroxyl groups is 1. The predicted molar refractivity (Wildman–Crippen MR) is 150 cm³/mol. The van der Waals surface area contributed by atoms with Crippen LogP contribution in [0.2, 0.25) is 0 Å². The summed E-state index contributed by atoms with van der Waals surface area (Å²) in [5.41, 5.74) is 5.28. The molecule has 0 fully saturated rings. The predicted octanol–water partition coefficient (Wildman–Crippen LogP) is 4.38. The van der Waals surface area contributed by atoms with Crippen molar-refractivity contribution in [1.82, 2.24) is 10.7 Å². The number of halogens is 1. The van der Waals surface area contributed by atoms with Gasteiger partial charge in [0, 0.05) is 25.3 Å². The van der Waals surface area contributed by atoms with E-state index in [1.165, 1.54) is 6.21 Å². The number of nitrogens with one attached hydrogen (secondary N) is 2. The zero-order chi connectivity index (χ0) is 26.1. The van der Waals surface area contributed by atoms with Gasteiger partial charge in [-0.3, -0.25) is 9.59 Å². The highest BCUT2D eigenvalue weighted by Gasteiger charge is 2.15. The molecule has 0 bridgehead atoms. The van der Waals surface area contributed by atoms with Crippen molar-refractivity contribution in [2.45, 2.75) is 6.92 Å². The molecule has 3 aromatic carbocycles. The largest absolute Gasteiger partial charge is 0.504 e. The molecule has 0 aliphatic heterocycles. The average molecular weight is 598 g/mol. The summed E-state index contributed by atoms with van der Waals surface area (Å²) in [5, 5.41) is 16.8. The summed E-state index contributed by atoms with van der Waals surface area (Å²) in [5.74, 6) is -0.632. The van der Waals surface area contributed by atoms with Crippen LogP contribution < -0.4 is 20.4 Å². The van der Waals surface area contributed by atoms with E-state index >= 15 is 0 Å². The third-order valence-electron chi connectivity index (χ3n) is 4.98. The maximum Gasteiger partial charge on any atom is 0.287 e. The minimum absolute atomic E-state index is 0.0360. The summed E-state index contributed by atoms with van der Waals surface area (Å²) >= 11 is 1.99. The highest BCUT2D eigenvalue weighted by Crippen LogP contribution is 2.32. The van der Waals surface area contributed by atoms with Gasteiger partial charge in [0.15, 0.2) is 11.5 Å². The van der Waals surface area contributed by atoms with Gasteiger partial charge in [0.1, 0.15) is 5.70 Å². The van der Waals surface area contributed by atoms with E-state index in [0.29, 0.717) is 27.1 Å². The number of carbonyl (C=O) groups is 2. The van der Waals surface area contributed by atoms with Crippen molar-refractivity contribution in [1.29, 1.82) is 0 Å². The van der Waals surface area contributed by atoms with Crippen LogP contribution in [0.3, 0.4) is 0 Å². The van der Waals surface area contributed by atoms with Crippen molar-refractivity contribution >= 4 is 52.4 Å². The van der Waals surface area contributed by atoms with Crippen LogP contribution in [0.4, 0.5) is 5.69 Å². The van der Waals surface area contributed by atoms with Crippen molar-refractivity contribution in [3.8, 4) is 11.5 Å². The number of rotatable bonds is 9. The Kier molecular flexibility index (Phi) is 9.46. The Hall–Kier alpha value is -3.86. The fraction of sp³-hybridized carbons (Fsp3) is 0.148. The molecule has 8 nitrogen and oxygen atoms in total. The first kappa shape index (κ1) is 26.7. The van der Waals surface area contributed by atoms with Gasteiger partial charge < -0.3 is 20.1 Å². The Morgan fingerprint density at radius 1 is 1.06 bits per heavy atom. The van der Waals surface area contributed by atoms with Crippen LogP contribution in [-0.2, 0) is 4.79 Å². The number of nitrogens with zero attached hydrogens (tertiary/aromatic N) is 2. The molecule has 3 aromatic rings. The molecule has 3 rings (SSSR count). The lowest BCUT2D eigenvalue weighted by Gasteiger charge is -2.13. The number of carbonyl (C=O) groups excluding carboxylic acids is 2. The molecule has 3 N–H and O–H groups in total. The summed E-state index contributed by atoms with van der Waals surface area (Å²) in [7, 11) is 3.88. The highest BCUT2D eigenvalue weighted by molar-refractivity contribution is 14.1. The lowest BCUT2D eigenvalue weighted by atomic mass is 10.1. The van der Waals surface area contributed by atoms with Crippen molar-refractivity contribution in [2.75, 3.05) is 25.6 Å². The van der Waals surface area contributed by atoms with E-state index < -0.39 is 11.8 Å². The molecule has 0 heterocycles. The number of phenolic OH excluding ortho intramolecular Hbond substituents is 1. The standard InChI is InChI=1S/C27H27IN4O4/c1-4-36-24-16-19(14-22(28)25(24)33)17-29-31-27(35)23(30-26(34)20-8-6-5-7-9-20)15-18-10-12-21(13-11-18)32(2)3/h5-17,33H,4H2,1-3H3,(H,30,34)(H,31,35)/b23-15?,29-17+. The molecule has 0 radical (unpaired) electrons. The molecule has 0 saturated carbocycles. The van der Waals surface area contributed by atoms with Crippen LogP contribution in [0.15, 0.2) is 77.5 Å². The number of amides is 2. The molecule has 0 saturated heterocycles. The van der Waals surface area contributed by atoms with Crippen LogP contribution >= 0.6 is 22.6 Å². The molecule has 2 amide bonds. The van der Waals surface area contributed by atoms with Crippen LogP contribution in [-0.4, -0.2) is 43.8 Å². The summed E-state index contributed by atoms with van der Waals surface area (Å²) in [4.78, 5) is 27.7. The minimum Gasteiger partial charge on any atom is -0.504 e. The molecular formula is C27H27IN4O4. The molecule has 0 aliphatic carbocycles. The second-order valence-electron chi connectivity index (χ2n) is 7.85.